The van der Waals surface area contributed by atoms with Crippen molar-refractivity contribution >= 4 is 5.91 Å². The number of carbonyl (C=O) groups is 1. The Hall–Kier alpha value is -0.570. The van der Waals surface area contributed by atoms with Gasteiger partial charge in [0, 0.05) is 25.7 Å². The van der Waals surface area contributed by atoms with Gasteiger partial charge in [0.25, 0.3) is 0 Å². The summed E-state index contributed by atoms with van der Waals surface area (Å²) in [6, 6.07) is 0. The first kappa shape index (κ1) is 8.05. The Morgan fingerprint density at radius 2 is 2.00 bits per heavy atom. The van der Waals surface area contributed by atoms with Crippen LogP contribution in [-0.4, -0.2) is 25.7 Å². The van der Waals surface area contributed by atoms with Crippen LogP contribution in [0, 0.1) is 11.8 Å². The zero-order valence-corrected chi connectivity index (χ0v) is 7.21. The molecule has 3 nitrogen and oxygen atoms in total. The predicted octanol–water partition coefficient (Wildman–Crippen LogP) is 0.549. The van der Waals surface area contributed by atoms with E-state index in [0.717, 1.165) is 39.0 Å². The molecule has 0 aromatic carbocycles. The van der Waals surface area contributed by atoms with Crippen molar-refractivity contribution in [1.29, 1.82) is 0 Å². The highest BCUT2D eigenvalue weighted by Gasteiger charge is 2.32. The third-order valence-electron chi connectivity index (χ3n) is 2.93. The minimum Gasteiger partial charge on any atom is -0.381 e. The second kappa shape index (κ2) is 3.44. The fraction of sp³-hybridized carbons (Fsp3) is 0.889. The Morgan fingerprint density at radius 1 is 1.25 bits per heavy atom. The highest BCUT2D eigenvalue weighted by Crippen LogP contribution is 2.28. The summed E-state index contributed by atoms with van der Waals surface area (Å²) in [6.45, 7) is 2.56. The first-order valence-corrected chi connectivity index (χ1v) is 4.73. The topological polar surface area (TPSA) is 38.3 Å². The van der Waals surface area contributed by atoms with Crippen LogP contribution in [0.5, 0.6) is 0 Å². The number of carbonyl (C=O) groups excluding carboxylic acids is 1. The van der Waals surface area contributed by atoms with Crippen molar-refractivity contribution < 1.29 is 9.53 Å². The maximum absolute atomic E-state index is 11.3. The molecular weight excluding hydrogens is 154 g/mol. The second-order valence-electron chi connectivity index (χ2n) is 3.64. The van der Waals surface area contributed by atoms with Crippen molar-refractivity contribution in [1.82, 2.24) is 5.32 Å². The Labute approximate surface area is 72.5 Å². The van der Waals surface area contributed by atoms with Crippen LogP contribution < -0.4 is 5.32 Å². The van der Waals surface area contributed by atoms with E-state index in [2.05, 4.69) is 5.32 Å². The van der Waals surface area contributed by atoms with Crippen LogP contribution in [0.4, 0.5) is 0 Å². The molecule has 2 saturated heterocycles. The minimum atomic E-state index is 0.266. The molecule has 2 aliphatic heterocycles. The Bertz CT molecular complexity index is 175. The van der Waals surface area contributed by atoms with Crippen molar-refractivity contribution in [2.24, 2.45) is 11.8 Å². The monoisotopic (exact) mass is 169 g/mol. The van der Waals surface area contributed by atoms with E-state index < -0.39 is 0 Å². The molecule has 0 aromatic rings. The van der Waals surface area contributed by atoms with Crippen LogP contribution in [0.25, 0.3) is 0 Å². The summed E-state index contributed by atoms with van der Waals surface area (Å²) in [4.78, 5) is 11.3. The fourth-order valence-electron chi connectivity index (χ4n) is 2.18. The van der Waals surface area contributed by atoms with E-state index in [1.165, 1.54) is 0 Å². The molecule has 0 spiro atoms. The first-order valence-electron chi connectivity index (χ1n) is 4.73. The summed E-state index contributed by atoms with van der Waals surface area (Å²) < 4.78 is 5.26. The van der Waals surface area contributed by atoms with Crippen LogP contribution in [0.15, 0.2) is 0 Å². The fourth-order valence-corrected chi connectivity index (χ4v) is 2.18. The third kappa shape index (κ3) is 1.46. The maximum atomic E-state index is 11.3. The van der Waals surface area contributed by atoms with Crippen LogP contribution in [-0.2, 0) is 9.53 Å². The normalized spacial score (nSPS) is 32.0. The van der Waals surface area contributed by atoms with Gasteiger partial charge in [0.05, 0.1) is 0 Å². The van der Waals surface area contributed by atoms with E-state index in [9.17, 15) is 4.79 Å². The molecule has 12 heavy (non-hydrogen) atoms. The van der Waals surface area contributed by atoms with Crippen LogP contribution in [0.2, 0.25) is 0 Å². The number of amides is 1. The van der Waals surface area contributed by atoms with E-state index in [0.29, 0.717) is 5.92 Å². The number of nitrogens with one attached hydrogen (secondary N) is 1. The van der Waals surface area contributed by atoms with E-state index >= 15 is 0 Å². The Morgan fingerprint density at radius 3 is 2.58 bits per heavy atom. The lowest BCUT2D eigenvalue weighted by Crippen LogP contribution is -2.29. The maximum Gasteiger partial charge on any atom is 0.223 e. The molecule has 0 unspecified atom stereocenters. The first-order chi connectivity index (χ1) is 5.88. The van der Waals surface area contributed by atoms with Gasteiger partial charge in [-0.1, -0.05) is 0 Å². The summed E-state index contributed by atoms with van der Waals surface area (Å²) in [6.07, 6.45) is 3.17. The van der Waals surface area contributed by atoms with Crippen LogP contribution in [0.3, 0.4) is 0 Å². The SMILES string of the molecule is O=C1NCC[C@@H]1C1CCOCC1. The summed E-state index contributed by atoms with van der Waals surface area (Å²) in [7, 11) is 0. The zero-order valence-electron chi connectivity index (χ0n) is 7.21. The van der Waals surface area contributed by atoms with Gasteiger partial charge in [-0.05, 0) is 25.2 Å². The average molecular weight is 169 g/mol. The molecule has 2 heterocycles. The van der Waals surface area contributed by atoms with Crippen LogP contribution in [0.1, 0.15) is 19.3 Å². The van der Waals surface area contributed by atoms with Gasteiger partial charge in [0.2, 0.25) is 5.91 Å². The van der Waals surface area contributed by atoms with Crippen molar-refractivity contribution in [3.8, 4) is 0 Å². The summed E-state index contributed by atoms with van der Waals surface area (Å²) in [5, 5.41) is 2.89. The van der Waals surface area contributed by atoms with Gasteiger partial charge in [-0.15, -0.1) is 0 Å². The molecule has 1 N–H and O–H groups in total. The lowest BCUT2D eigenvalue weighted by Gasteiger charge is -2.25. The van der Waals surface area contributed by atoms with E-state index in [4.69, 9.17) is 4.74 Å². The number of hydrogen-bond donors (Lipinski definition) is 1. The minimum absolute atomic E-state index is 0.266. The highest BCUT2D eigenvalue weighted by atomic mass is 16.5. The quantitative estimate of drug-likeness (QED) is 0.622. The van der Waals surface area contributed by atoms with Gasteiger partial charge in [-0.25, -0.2) is 0 Å². The van der Waals surface area contributed by atoms with Crippen molar-refractivity contribution in [3.05, 3.63) is 0 Å². The van der Waals surface area contributed by atoms with Gasteiger partial charge in [-0.2, -0.15) is 0 Å². The lowest BCUT2D eigenvalue weighted by atomic mass is 9.85. The van der Waals surface area contributed by atoms with E-state index in [1.807, 2.05) is 0 Å². The highest BCUT2D eigenvalue weighted by molar-refractivity contribution is 5.80. The molecule has 1 atom stereocenters. The Kier molecular flexibility index (Phi) is 2.30. The van der Waals surface area contributed by atoms with Gasteiger partial charge in [0.1, 0.15) is 0 Å². The van der Waals surface area contributed by atoms with E-state index in [1.54, 1.807) is 0 Å². The molecule has 3 heteroatoms. The van der Waals surface area contributed by atoms with E-state index in [-0.39, 0.29) is 11.8 Å². The molecular formula is C9H15NO2. The lowest BCUT2D eigenvalue weighted by molar-refractivity contribution is -0.124. The smallest absolute Gasteiger partial charge is 0.223 e. The summed E-state index contributed by atoms with van der Waals surface area (Å²) in [5.74, 6) is 1.14. The Balaban J connectivity index is 1.93. The molecule has 0 radical (unpaired) electrons. The number of hydrogen-bond acceptors (Lipinski definition) is 2. The standard InChI is InChI=1S/C9H15NO2/c11-9-8(1-4-10-9)7-2-5-12-6-3-7/h7-8H,1-6H2,(H,10,11)/t8-/m1/s1. The van der Waals surface area contributed by atoms with Gasteiger partial charge >= 0.3 is 0 Å². The molecule has 0 bridgehead atoms. The molecule has 1 amide bonds. The molecule has 2 fully saturated rings. The number of ether oxygens (including phenoxy) is 1. The molecule has 0 aliphatic carbocycles. The van der Waals surface area contributed by atoms with Gasteiger partial charge in [-0.3, -0.25) is 4.79 Å². The third-order valence-corrected chi connectivity index (χ3v) is 2.93. The van der Waals surface area contributed by atoms with Crippen molar-refractivity contribution in [2.75, 3.05) is 19.8 Å². The molecule has 2 rings (SSSR count). The van der Waals surface area contributed by atoms with Crippen LogP contribution >= 0.6 is 0 Å². The molecule has 68 valence electrons. The second-order valence-corrected chi connectivity index (χ2v) is 3.64. The molecule has 0 aromatic heterocycles. The molecule has 2 aliphatic rings. The number of rotatable bonds is 1. The average Bonchev–Trinajstić information content (AvgIpc) is 2.53. The largest absolute Gasteiger partial charge is 0.381 e. The van der Waals surface area contributed by atoms with Crippen molar-refractivity contribution in [2.45, 2.75) is 19.3 Å². The zero-order chi connectivity index (χ0) is 8.39. The van der Waals surface area contributed by atoms with Gasteiger partial charge < -0.3 is 10.1 Å². The molecule has 0 saturated carbocycles. The summed E-state index contributed by atoms with van der Waals surface area (Å²) >= 11 is 0. The van der Waals surface area contributed by atoms with Gasteiger partial charge in [0.15, 0.2) is 0 Å². The van der Waals surface area contributed by atoms with Crippen molar-refractivity contribution in [3.63, 3.8) is 0 Å². The predicted molar refractivity (Wildman–Crippen MR) is 44.7 cm³/mol. The summed E-state index contributed by atoms with van der Waals surface area (Å²) in [5.41, 5.74) is 0.